The molecule has 0 bridgehead atoms. The van der Waals surface area contributed by atoms with Crippen LogP contribution in [0, 0.1) is 23.7 Å². The first kappa shape index (κ1) is 9.14. The first-order chi connectivity index (χ1) is 7.27. The number of allylic oxidation sites excluding steroid dienone is 2. The van der Waals surface area contributed by atoms with Gasteiger partial charge in [-0.25, -0.2) is 0 Å². The summed E-state index contributed by atoms with van der Waals surface area (Å²) >= 11 is 0. The van der Waals surface area contributed by atoms with Gasteiger partial charge in [0.1, 0.15) is 0 Å². The van der Waals surface area contributed by atoms with Gasteiger partial charge in [-0.2, -0.15) is 0 Å². The molecule has 1 aromatic rings. The van der Waals surface area contributed by atoms with Crippen LogP contribution in [-0.4, -0.2) is 4.98 Å². The van der Waals surface area contributed by atoms with Gasteiger partial charge >= 0.3 is 0 Å². The van der Waals surface area contributed by atoms with Crippen molar-refractivity contribution in [2.45, 2.75) is 20.3 Å². The molecule has 0 aromatic carbocycles. The van der Waals surface area contributed by atoms with Crippen LogP contribution in [0.2, 0.25) is 0 Å². The molecule has 2 aliphatic carbocycles. The maximum Gasteiger partial charge on any atom is 0.0342 e. The van der Waals surface area contributed by atoms with Crippen LogP contribution in [-0.2, 0) is 0 Å². The lowest BCUT2D eigenvalue weighted by molar-refractivity contribution is 0.509. The first-order valence-electron chi connectivity index (χ1n) is 5.88. The maximum absolute atomic E-state index is 4.18. The molecular weight excluding hydrogens is 182 g/mol. The monoisotopic (exact) mass is 199 g/mol. The van der Waals surface area contributed by atoms with E-state index in [2.05, 4.69) is 31.0 Å². The lowest BCUT2D eigenvalue weighted by atomic mass is 9.97. The van der Waals surface area contributed by atoms with Gasteiger partial charge in [-0.15, -0.1) is 0 Å². The Morgan fingerprint density at radius 3 is 2.80 bits per heavy atom. The van der Waals surface area contributed by atoms with Crippen LogP contribution in [0.1, 0.15) is 25.8 Å². The third-order valence-corrected chi connectivity index (χ3v) is 3.94. The minimum Gasteiger partial charge on any atom is -0.264 e. The molecule has 0 radical (unpaired) electrons. The van der Waals surface area contributed by atoms with Gasteiger partial charge in [-0.1, -0.05) is 26.0 Å². The van der Waals surface area contributed by atoms with Crippen LogP contribution in [0.3, 0.4) is 0 Å². The Hall–Kier alpha value is -1.11. The molecule has 0 N–H and O–H groups in total. The molecule has 1 fully saturated rings. The van der Waals surface area contributed by atoms with Crippen molar-refractivity contribution in [3.8, 4) is 0 Å². The van der Waals surface area contributed by atoms with E-state index in [0.717, 1.165) is 23.7 Å². The number of hydrogen-bond donors (Lipinski definition) is 0. The number of fused-ring (bicyclic) bond motifs is 1. The number of aromatic nitrogens is 1. The average Bonchev–Trinajstić information content (AvgIpc) is 2.77. The minimum atomic E-state index is 0.853. The van der Waals surface area contributed by atoms with Crippen LogP contribution in [0.25, 0.3) is 5.57 Å². The van der Waals surface area contributed by atoms with E-state index in [9.17, 15) is 0 Å². The summed E-state index contributed by atoms with van der Waals surface area (Å²) in [6.07, 6.45) is 7.60. The molecule has 0 spiro atoms. The van der Waals surface area contributed by atoms with Crippen LogP contribution in [0.4, 0.5) is 0 Å². The van der Waals surface area contributed by atoms with Crippen LogP contribution >= 0.6 is 0 Å². The highest BCUT2D eigenvalue weighted by Crippen LogP contribution is 2.60. The van der Waals surface area contributed by atoms with Crippen molar-refractivity contribution in [3.05, 3.63) is 36.2 Å². The SMILES string of the molecule is CC(C)C1C2C=C(c3cccnc3)CC21. The zero-order chi connectivity index (χ0) is 10.4. The van der Waals surface area contributed by atoms with Gasteiger partial charge in [0.15, 0.2) is 0 Å². The van der Waals surface area contributed by atoms with Gasteiger partial charge in [0, 0.05) is 12.4 Å². The molecule has 3 rings (SSSR count). The Morgan fingerprint density at radius 2 is 2.27 bits per heavy atom. The predicted molar refractivity (Wildman–Crippen MR) is 62.1 cm³/mol. The standard InChI is InChI=1S/C14H17N/c1-9(2)14-12-6-11(7-13(12)14)10-4-3-5-15-8-10/h3-6,8-9,12-14H,7H2,1-2H3. The van der Waals surface area contributed by atoms with Gasteiger partial charge < -0.3 is 0 Å². The number of hydrogen-bond acceptors (Lipinski definition) is 1. The summed E-state index contributed by atoms with van der Waals surface area (Å²) in [6.45, 7) is 4.70. The summed E-state index contributed by atoms with van der Waals surface area (Å²) < 4.78 is 0. The smallest absolute Gasteiger partial charge is 0.0342 e. The van der Waals surface area contributed by atoms with E-state index in [1.807, 2.05) is 18.5 Å². The van der Waals surface area contributed by atoms with Crippen molar-refractivity contribution in [1.29, 1.82) is 0 Å². The van der Waals surface area contributed by atoms with Crippen molar-refractivity contribution in [2.24, 2.45) is 23.7 Å². The van der Waals surface area contributed by atoms with Crippen molar-refractivity contribution in [2.75, 3.05) is 0 Å². The largest absolute Gasteiger partial charge is 0.264 e. The predicted octanol–water partition coefficient (Wildman–Crippen LogP) is 3.39. The second-order valence-corrected chi connectivity index (χ2v) is 5.20. The van der Waals surface area contributed by atoms with E-state index in [1.54, 1.807) is 0 Å². The number of rotatable bonds is 2. The van der Waals surface area contributed by atoms with Crippen LogP contribution in [0.5, 0.6) is 0 Å². The second-order valence-electron chi connectivity index (χ2n) is 5.20. The molecule has 0 aliphatic heterocycles. The highest BCUT2D eigenvalue weighted by atomic mass is 14.6. The molecule has 3 unspecified atom stereocenters. The third kappa shape index (κ3) is 1.41. The third-order valence-electron chi connectivity index (χ3n) is 3.94. The zero-order valence-electron chi connectivity index (χ0n) is 9.35. The fourth-order valence-electron chi connectivity index (χ4n) is 3.19. The van der Waals surface area contributed by atoms with Crippen LogP contribution in [0.15, 0.2) is 30.6 Å². The quantitative estimate of drug-likeness (QED) is 0.711. The molecule has 0 saturated heterocycles. The molecule has 1 heteroatoms. The van der Waals surface area contributed by atoms with E-state index in [1.165, 1.54) is 17.6 Å². The number of pyridine rings is 1. The maximum atomic E-state index is 4.18. The zero-order valence-corrected chi connectivity index (χ0v) is 9.35. The summed E-state index contributed by atoms with van der Waals surface area (Å²) in [5.74, 6) is 3.64. The molecule has 1 heterocycles. The molecule has 1 aromatic heterocycles. The van der Waals surface area contributed by atoms with E-state index < -0.39 is 0 Å². The molecule has 15 heavy (non-hydrogen) atoms. The van der Waals surface area contributed by atoms with Crippen molar-refractivity contribution >= 4 is 5.57 Å². The first-order valence-corrected chi connectivity index (χ1v) is 5.88. The summed E-state index contributed by atoms with van der Waals surface area (Å²) in [5, 5.41) is 0. The second kappa shape index (κ2) is 3.19. The Balaban J connectivity index is 1.79. The molecular formula is C14H17N. The average molecular weight is 199 g/mol. The Labute approximate surface area is 91.2 Å². The molecule has 2 aliphatic rings. The van der Waals surface area contributed by atoms with E-state index >= 15 is 0 Å². The lowest BCUT2D eigenvalue weighted by Crippen LogP contribution is -1.97. The van der Waals surface area contributed by atoms with Gasteiger partial charge in [-0.05, 0) is 47.3 Å². The molecule has 1 nitrogen and oxygen atoms in total. The molecule has 0 amide bonds. The topological polar surface area (TPSA) is 12.9 Å². The summed E-state index contributed by atoms with van der Waals surface area (Å²) in [4.78, 5) is 4.18. The highest BCUT2D eigenvalue weighted by Gasteiger charge is 2.53. The van der Waals surface area contributed by atoms with Crippen molar-refractivity contribution in [3.63, 3.8) is 0 Å². The van der Waals surface area contributed by atoms with Crippen molar-refractivity contribution in [1.82, 2.24) is 4.98 Å². The lowest BCUT2D eigenvalue weighted by Gasteiger charge is -2.08. The summed E-state index contributed by atoms with van der Waals surface area (Å²) in [5.41, 5.74) is 2.85. The van der Waals surface area contributed by atoms with Gasteiger partial charge in [0.2, 0.25) is 0 Å². The molecule has 3 atom stereocenters. The summed E-state index contributed by atoms with van der Waals surface area (Å²) in [6, 6.07) is 4.20. The Kier molecular flexibility index (Phi) is 1.95. The normalized spacial score (nSPS) is 32.7. The van der Waals surface area contributed by atoms with Gasteiger partial charge in [0.25, 0.3) is 0 Å². The minimum absolute atomic E-state index is 0.853. The fraction of sp³-hybridized carbons (Fsp3) is 0.500. The Morgan fingerprint density at radius 1 is 1.40 bits per heavy atom. The van der Waals surface area contributed by atoms with E-state index in [-0.39, 0.29) is 0 Å². The van der Waals surface area contributed by atoms with E-state index in [0.29, 0.717) is 0 Å². The highest BCUT2D eigenvalue weighted by molar-refractivity contribution is 5.69. The Bertz CT molecular complexity index is 391. The summed E-state index contributed by atoms with van der Waals surface area (Å²) in [7, 11) is 0. The van der Waals surface area contributed by atoms with E-state index in [4.69, 9.17) is 0 Å². The van der Waals surface area contributed by atoms with Gasteiger partial charge in [0.05, 0.1) is 0 Å². The van der Waals surface area contributed by atoms with Gasteiger partial charge in [-0.3, -0.25) is 4.98 Å². The molecule has 78 valence electrons. The number of nitrogens with zero attached hydrogens (tertiary/aromatic N) is 1. The molecule has 1 saturated carbocycles. The van der Waals surface area contributed by atoms with Crippen LogP contribution < -0.4 is 0 Å². The van der Waals surface area contributed by atoms with Crippen molar-refractivity contribution < 1.29 is 0 Å². The fourth-order valence-corrected chi connectivity index (χ4v) is 3.19.